The molecule has 1 heterocycles. The number of carbonyl (C=O) groups excluding carboxylic acids is 1. The number of methoxy groups -OCH3 is 1. The SMILES string of the molecule is COc1cc(NC(=O)c2ccn(COc3ccc(Cl)cc3Br)n2)ccc1OC(F)F. The van der Waals surface area contributed by atoms with Crippen LogP contribution in [0.2, 0.25) is 5.02 Å². The fourth-order valence-corrected chi connectivity index (χ4v) is 3.21. The molecule has 0 saturated carbocycles. The summed E-state index contributed by atoms with van der Waals surface area (Å²) in [7, 11) is 1.31. The maximum atomic E-state index is 12.4. The van der Waals surface area contributed by atoms with Gasteiger partial charge in [0.25, 0.3) is 5.91 Å². The molecule has 3 rings (SSSR count). The molecule has 0 bridgehead atoms. The van der Waals surface area contributed by atoms with Crippen LogP contribution in [0.25, 0.3) is 0 Å². The van der Waals surface area contributed by atoms with E-state index in [-0.39, 0.29) is 23.9 Å². The Morgan fingerprint density at radius 1 is 1.20 bits per heavy atom. The van der Waals surface area contributed by atoms with Gasteiger partial charge in [-0.2, -0.15) is 13.9 Å². The zero-order valence-corrected chi connectivity index (χ0v) is 17.8. The summed E-state index contributed by atoms with van der Waals surface area (Å²) in [5.74, 6) is -0.00837. The van der Waals surface area contributed by atoms with E-state index in [1.54, 1.807) is 24.4 Å². The molecule has 0 aliphatic heterocycles. The van der Waals surface area contributed by atoms with Gasteiger partial charge in [-0.25, -0.2) is 4.68 Å². The van der Waals surface area contributed by atoms with Gasteiger partial charge in [0.2, 0.25) is 0 Å². The highest BCUT2D eigenvalue weighted by Gasteiger charge is 2.14. The lowest BCUT2D eigenvalue weighted by Gasteiger charge is -2.11. The zero-order valence-electron chi connectivity index (χ0n) is 15.4. The molecule has 30 heavy (non-hydrogen) atoms. The first-order valence-corrected chi connectivity index (χ1v) is 9.58. The second-order valence-corrected chi connectivity index (χ2v) is 7.08. The van der Waals surface area contributed by atoms with Crippen molar-refractivity contribution in [2.45, 2.75) is 13.3 Å². The number of anilines is 1. The average Bonchev–Trinajstić information content (AvgIpc) is 3.17. The number of nitrogens with zero attached hydrogens (tertiary/aromatic N) is 2. The van der Waals surface area contributed by atoms with E-state index in [4.69, 9.17) is 21.1 Å². The van der Waals surface area contributed by atoms with Crippen LogP contribution in [-0.2, 0) is 6.73 Å². The molecule has 0 aliphatic carbocycles. The van der Waals surface area contributed by atoms with Gasteiger partial charge in [0.15, 0.2) is 23.9 Å². The molecule has 0 fully saturated rings. The molecule has 1 N–H and O–H groups in total. The van der Waals surface area contributed by atoms with E-state index in [9.17, 15) is 13.6 Å². The van der Waals surface area contributed by atoms with Crippen LogP contribution < -0.4 is 19.5 Å². The molecule has 3 aromatic rings. The van der Waals surface area contributed by atoms with Crippen LogP contribution in [0.4, 0.5) is 14.5 Å². The summed E-state index contributed by atoms with van der Waals surface area (Å²) < 4.78 is 41.9. The predicted molar refractivity (Wildman–Crippen MR) is 110 cm³/mol. The molecule has 0 unspecified atom stereocenters. The number of hydrogen-bond donors (Lipinski definition) is 1. The number of ether oxygens (including phenoxy) is 3. The summed E-state index contributed by atoms with van der Waals surface area (Å²) in [4.78, 5) is 12.4. The minimum atomic E-state index is -2.99. The van der Waals surface area contributed by atoms with Crippen molar-refractivity contribution in [3.8, 4) is 17.2 Å². The number of alkyl halides is 2. The topological polar surface area (TPSA) is 74.6 Å². The fraction of sp³-hybridized carbons (Fsp3) is 0.158. The van der Waals surface area contributed by atoms with Crippen molar-refractivity contribution in [2.75, 3.05) is 12.4 Å². The van der Waals surface area contributed by atoms with Gasteiger partial charge in [0, 0.05) is 23.0 Å². The van der Waals surface area contributed by atoms with Gasteiger partial charge in [-0.3, -0.25) is 4.79 Å². The van der Waals surface area contributed by atoms with E-state index in [1.165, 1.54) is 36.1 Å². The number of halogens is 4. The summed E-state index contributed by atoms with van der Waals surface area (Å²) in [6.45, 7) is -2.92. The van der Waals surface area contributed by atoms with Crippen molar-refractivity contribution in [1.82, 2.24) is 9.78 Å². The van der Waals surface area contributed by atoms with E-state index in [1.807, 2.05) is 0 Å². The summed E-state index contributed by atoms with van der Waals surface area (Å²) in [5, 5.41) is 7.33. The molecule has 0 spiro atoms. The molecule has 0 saturated heterocycles. The Morgan fingerprint density at radius 2 is 1.97 bits per heavy atom. The van der Waals surface area contributed by atoms with Gasteiger partial charge in [-0.1, -0.05) is 11.6 Å². The summed E-state index contributed by atoms with van der Waals surface area (Å²) in [6.07, 6.45) is 1.58. The molecule has 7 nitrogen and oxygen atoms in total. The number of rotatable bonds is 8. The number of hydrogen-bond acceptors (Lipinski definition) is 5. The van der Waals surface area contributed by atoms with Gasteiger partial charge in [0.1, 0.15) is 5.75 Å². The third kappa shape index (κ3) is 5.61. The number of amides is 1. The van der Waals surface area contributed by atoms with Gasteiger partial charge >= 0.3 is 6.61 Å². The molecular weight excluding hydrogens is 488 g/mol. The van der Waals surface area contributed by atoms with Crippen LogP contribution in [0.15, 0.2) is 53.1 Å². The Bertz CT molecular complexity index is 1050. The Hall–Kier alpha value is -2.85. The van der Waals surface area contributed by atoms with Crippen LogP contribution in [0.3, 0.4) is 0 Å². The van der Waals surface area contributed by atoms with Crippen molar-refractivity contribution in [2.24, 2.45) is 0 Å². The normalized spacial score (nSPS) is 10.7. The monoisotopic (exact) mass is 501 g/mol. The van der Waals surface area contributed by atoms with E-state index in [0.717, 1.165) is 0 Å². The molecule has 0 aliphatic rings. The second kappa shape index (κ2) is 9.77. The maximum Gasteiger partial charge on any atom is 0.387 e. The Morgan fingerprint density at radius 3 is 2.67 bits per heavy atom. The summed E-state index contributed by atoms with van der Waals surface area (Å²) >= 11 is 9.24. The average molecular weight is 503 g/mol. The first kappa shape index (κ1) is 21.8. The van der Waals surface area contributed by atoms with Gasteiger partial charge in [-0.15, -0.1) is 0 Å². The second-order valence-electron chi connectivity index (χ2n) is 5.79. The number of nitrogens with one attached hydrogen (secondary N) is 1. The van der Waals surface area contributed by atoms with Crippen molar-refractivity contribution in [3.63, 3.8) is 0 Å². The third-order valence-electron chi connectivity index (χ3n) is 3.76. The number of benzene rings is 2. The Balaban J connectivity index is 1.63. The highest BCUT2D eigenvalue weighted by Crippen LogP contribution is 2.31. The van der Waals surface area contributed by atoms with Crippen molar-refractivity contribution in [3.05, 3.63) is 63.9 Å². The zero-order chi connectivity index (χ0) is 21.7. The van der Waals surface area contributed by atoms with E-state index in [2.05, 4.69) is 31.1 Å². The van der Waals surface area contributed by atoms with Gasteiger partial charge < -0.3 is 19.5 Å². The van der Waals surface area contributed by atoms with Crippen molar-refractivity contribution < 1.29 is 27.8 Å². The molecule has 1 amide bonds. The summed E-state index contributed by atoms with van der Waals surface area (Å²) in [5.41, 5.74) is 0.468. The summed E-state index contributed by atoms with van der Waals surface area (Å²) in [6, 6.07) is 10.7. The largest absolute Gasteiger partial charge is 0.493 e. The molecule has 2 aromatic carbocycles. The number of aromatic nitrogens is 2. The Kier molecular flexibility index (Phi) is 7.11. The standard InChI is InChI=1S/C19H15BrClF2N3O4/c1-28-17-9-12(3-5-16(17)30-19(22)23)24-18(27)14-6-7-26(25-14)10-29-15-4-2-11(21)8-13(15)20/h2-9,19H,10H2,1H3,(H,24,27). The van der Waals surface area contributed by atoms with Crippen molar-refractivity contribution >= 4 is 39.1 Å². The number of carbonyl (C=O) groups is 1. The van der Waals surface area contributed by atoms with Crippen LogP contribution in [-0.4, -0.2) is 29.4 Å². The van der Waals surface area contributed by atoms with Crippen LogP contribution >= 0.6 is 27.5 Å². The highest BCUT2D eigenvalue weighted by atomic mass is 79.9. The molecule has 1 aromatic heterocycles. The van der Waals surface area contributed by atoms with Gasteiger partial charge in [-0.05, 0) is 52.3 Å². The molecule has 158 valence electrons. The van der Waals surface area contributed by atoms with Crippen LogP contribution in [0.1, 0.15) is 10.5 Å². The lowest BCUT2D eigenvalue weighted by molar-refractivity contribution is -0.0512. The lowest BCUT2D eigenvalue weighted by Crippen LogP contribution is -2.14. The third-order valence-corrected chi connectivity index (χ3v) is 4.61. The molecule has 0 atom stereocenters. The Labute approximate surface area is 183 Å². The van der Waals surface area contributed by atoms with Gasteiger partial charge in [0.05, 0.1) is 11.6 Å². The van der Waals surface area contributed by atoms with Crippen LogP contribution in [0, 0.1) is 0 Å². The quantitative estimate of drug-likeness (QED) is 0.458. The van der Waals surface area contributed by atoms with Crippen LogP contribution in [0.5, 0.6) is 17.2 Å². The molecule has 11 heteroatoms. The smallest absolute Gasteiger partial charge is 0.387 e. The van der Waals surface area contributed by atoms with Crippen molar-refractivity contribution in [1.29, 1.82) is 0 Å². The first-order chi connectivity index (χ1) is 14.4. The maximum absolute atomic E-state index is 12.4. The van der Waals surface area contributed by atoms with E-state index >= 15 is 0 Å². The minimum absolute atomic E-state index is 0.0561. The predicted octanol–water partition coefficient (Wildman–Crippen LogP) is 5.20. The molecule has 0 radical (unpaired) electrons. The highest BCUT2D eigenvalue weighted by molar-refractivity contribution is 9.10. The minimum Gasteiger partial charge on any atom is -0.493 e. The fourth-order valence-electron chi connectivity index (χ4n) is 2.42. The molecular formula is C19H15BrClF2N3O4. The first-order valence-electron chi connectivity index (χ1n) is 8.41. The lowest BCUT2D eigenvalue weighted by atomic mass is 10.2. The van der Waals surface area contributed by atoms with E-state index < -0.39 is 12.5 Å². The van der Waals surface area contributed by atoms with E-state index in [0.29, 0.717) is 20.9 Å².